The third-order valence-electron chi connectivity index (χ3n) is 2.57. The standard InChI is InChI=1S/C13H10N3O/c1-9-6-7-10-11(8-9)15-16(14-10)12-4-2-3-5-13(12)17/h3-8,17H,1H3. The van der Waals surface area contributed by atoms with E-state index >= 15 is 0 Å². The average Bonchev–Trinajstić information content (AvgIpc) is 2.72. The first-order valence-corrected chi connectivity index (χ1v) is 5.27. The van der Waals surface area contributed by atoms with Crippen molar-refractivity contribution >= 4 is 11.0 Å². The van der Waals surface area contributed by atoms with E-state index in [9.17, 15) is 5.11 Å². The fourth-order valence-corrected chi connectivity index (χ4v) is 1.71. The molecule has 0 spiro atoms. The Morgan fingerprint density at radius 3 is 2.82 bits per heavy atom. The second-order valence-electron chi connectivity index (χ2n) is 3.90. The summed E-state index contributed by atoms with van der Waals surface area (Å²) in [5.74, 6) is 0.140. The average molecular weight is 224 g/mol. The van der Waals surface area contributed by atoms with Gasteiger partial charge in [0.1, 0.15) is 22.5 Å². The molecule has 1 heterocycles. The molecule has 4 heteroatoms. The maximum atomic E-state index is 9.72. The van der Waals surface area contributed by atoms with Crippen LogP contribution in [0.5, 0.6) is 5.75 Å². The number of hydrogen-bond donors (Lipinski definition) is 1. The molecule has 1 radical (unpaired) electrons. The van der Waals surface area contributed by atoms with E-state index < -0.39 is 0 Å². The van der Waals surface area contributed by atoms with Gasteiger partial charge in [0.25, 0.3) is 0 Å². The van der Waals surface area contributed by atoms with E-state index in [1.165, 1.54) is 4.80 Å². The summed E-state index contributed by atoms with van der Waals surface area (Å²) >= 11 is 0. The molecular formula is C13H10N3O. The summed E-state index contributed by atoms with van der Waals surface area (Å²) in [6, 6.07) is 13.6. The summed E-state index contributed by atoms with van der Waals surface area (Å²) in [5.41, 5.74) is 3.28. The van der Waals surface area contributed by atoms with E-state index in [1.54, 1.807) is 18.2 Å². The van der Waals surface area contributed by atoms with Gasteiger partial charge in [-0.15, -0.1) is 15.0 Å². The summed E-state index contributed by atoms with van der Waals surface area (Å²) in [4.78, 5) is 1.43. The zero-order valence-corrected chi connectivity index (χ0v) is 9.25. The van der Waals surface area contributed by atoms with Crippen LogP contribution in [0, 0.1) is 13.0 Å². The Kier molecular flexibility index (Phi) is 2.08. The molecule has 0 atom stereocenters. The Labute approximate surface area is 98.1 Å². The zero-order valence-electron chi connectivity index (χ0n) is 9.25. The van der Waals surface area contributed by atoms with Gasteiger partial charge < -0.3 is 5.11 Å². The van der Waals surface area contributed by atoms with Crippen LogP contribution in [-0.2, 0) is 0 Å². The van der Waals surface area contributed by atoms with Crippen molar-refractivity contribution in [3.63, 3.8) is 0 Å². The molecule has 17 heavy (non-hydrogen) atoms. The molecule has 0 bridgehead atoms. The lowest BCUT2D eigenvalue weighted by atomic mass is 10.2. The highest BCUT2D eigenvalue weighted by atomic mass is 16.3. The number of aromatic hydroxyl groups is 1. The minimum Gasteiger partial charge on any atom is -0.506 e. The number of phenols is 1. The molecule has 3 aromatic rings. The summed E-state index contributed by atoms with van der Waals surface area (Å²) < 4.78 is 0. The van der Waals surface area contributed by atoms with E-state index in [1.807, 2.05) is 25.1 Å². The lowest BCUT2D eigenvalue weighted by molar-refractivity contribution is 0.468. The van der Waals surface area contributed by atoms with Crippen molar-refractivity contribution in [3.05, 3.63) is 48.0 Å². The number of nitrogens with zero attached hydrogens (tertiary/aromatic N) is 3. The normalized spacial score (nSPS) is 10.9. The summed E-state index contributed by atoms with van der Waals surface area (Å²) in [6.45, 7) is 2.01. The van der Waals surface area contributed by atoms with Gasteiger partial charge in [-0.3, -0.25) is 0 Å². The predicted octanol–water partition coefficient (Wildman–Crippen LogP) is 2.23. The van der Waals surface area contributed by atoms with E-state index in [-0.39, 0.29) is 5.75 Å². The Morgan fingerprint density at radius 1 is 1.18 bits per heavy atom. The summed E-state index contributed by atoms with van der Waals surface area (Å²) in [6.07, 6.45) is 0. The van der Waals surface area contributed by atoms with Crippen LogP contribution < -0.4 is 0 Å². The van der Waals surface area contributed by atoms with Crippen molar-refractivity contribution in [1.29, 1.82) is 0 Å². The highest BCUT2D eigenvalue weighted by Crippen LogP contribution is 2.20. The van der Waals surface area contributed by atoms with Gasteiger partial charge in [0, 0.05) is 0 Å². The van der Waals surface area contributed by atoms with Crippen LogP contribution in [0.25, 0.3) is 16.7 Å². The first-order chi connectivity index (χ1) is 8.24. The lowest BCUT2D eigenvalue weighted by Gasteiger charge is -2.00. The molecule has 0 aliphatic carbocycles. The van der Waals surface area contributed by atoms with Crippen LogP contribution in [0.4, 0.5) is 0 Å². The van der Waals surface area contributed by atoms with E-state index in [0.29, 0.717) is 5.69 Å². The number of phenolic OH excluding ortho intramolecular Hbond substituents is 1. The molecule has 0 saturated carbocycles. The van der Waals surface area contributed by atoms with Crippen LogP contribution in [0.15, 0.2) is 36.4 Å². The molecule has 0 amide bonds. The first kappa shape index (κ1) is 9.84. The topological polar surface area (TPSA) is 50.9 Å². The second-order valence-corrected chi connectivity index (χ2v) is 3.90. The molecule has 3 rings (SSSR count). The van der Waals surface area contributed by atoms with Crippen molar-refractivity contribution in [3.8, 4) is 11.4 Å². The molecule has 1 N–H and O–H groups in total. The maximum Gasteiger partial charge on any atom is 0.143 e. The highest BCUT2D eigenvalue weighted by molar-refractivity contribution is 5.74. The second kappa shape index (κ2) is 3.59. The van der Waals surface area contributed by atoms with Gasteiger partial charge in [-0.1, -0.05) is 12.1 Å². The largest absolute Gasteiger partial charge is 0.506 e. The zero-order chi connectivity index (χ0) is 11.8. The Balaban J connectivity index is 2.22. The molecule has 83 valence electrons. The Hall–Kier alpha value is -2.36. The van der Waals surface area contributed by atoms with Crippen LogP contribution in [0.2, 0.25) is 0 Å². The fourth-order valence-electron chi connectivity index (χ4n) is 1.71. The van der Waals surface area contributed by atoms with Crippen molar-refractivity contribution in [2.75, 3.05) is 0 Å². The number of aromatic nitrogens is 3. The minimum absolute atomic E-state index is 0.140. The highest BCUT2D eigenvalue weighted by Gasteiger charge is 2.07. The SMILES string of the molecule is Cc1ccc2nn(-c3c[c]ccc3O)nc2c1. The van der Waals surface area contributed by atoms with Gasteiger partial charge in [-0.2, -0.15) is 0 Å². The van der Waals surface area contributed by atoms with Crippen molar-refractivity contribution in [1.82, 2.24) is 15.0 Å². The van der Waals surface area contributed by atoms with Crippen LogP contribution in [0.3, 0.4) is 0 Å². The van der Waals surface area contributed by atoms with Crippen LogP contribution in [-0.4, -0.2) is 20.1 Å². The first-order valence-electron chi connectivity index (χ1n) is 5.27. The summed E-state index contributed by atoms with van der Waals surface area (Å²) in [5, 5.41) is 18.4. The smallest absolute Gasteiger partial charge is 0.143 e. The fraction of sp³-hybridized carbons (Fsp3) is 0.0769. The number of aryl methyl sites for hydroxylation is 1. The van der Waals surface area contributed by atoms with Gasteiger partial charge in [0.05, 0.1) is 0 Å². The van der Waals surface area contributed by atoms with Gasteiger partial charge >= 0.3 is 0 Å². The van der Waals surface area contributed by atoms with Crippen LogP contribution >= 0.6 is 0 Å². The number of fused-ring (bicyclic) bond motifs is 1. The molecule has 0 saturated heterocycles. The number of rotatable bonds is 1. The lowest BCUT2D eigenvalue weighted by Crippen LogP contribution is -1.98. The van der Waals surface area contributed by atoms with E-state index in [4.69, 9.17) is 0 Å². The molecule has 0 unspecified atom stereocenters. The van der Waals surface area contributed by atoms with E-state index in [2.05, 4.69) is 16.3 Å². The molecule has 0 aliphatic rings. The molecule has 1 aromatic heterocycles. The molecule has 0 fully saturated rings. The molecule has 2 aromatic carbocycles. The van der Waals surface area contributed by atoms with E-state index in [0.717, 1.165) is 16.6 Å². The number of hydrogen-bond acceptors (Lipinski definition) is 3. The Morgan fingerprint density at radius 2 is 2.00 bits per heavy atom. The molecule has 0 aliphatic heterocycles. The van der Waals surface area contributed by atoms with Gasteiger partial charge in [-0.25, -0.2) is 0 Å². The third-order valence-corrected chi connectivity index (χ3v) is 2.57. The quantitative estimate of drug-likeness (QED) is 0.689. The number of benzene rings is 2. The van der Waals surface area contributed by atoms with Gasteiger partial charge in [-0.05, 0) is 42.8 Å². The monoisotopic (exact) mass is 224 g/mol. The minimum atomic E-state index is 0.140. The predicted molar refractivity (Wildman–Crippen MR) is 64.1 cm³/mol. The van der Waals surface area contributed by atoms with Crippen molar-refractivity contribution in [2.24, 2.45) is 0 Å². The maximum absolute atomic E-state index is 9.72. The van der Waals surface area contributed by atoms with Crippen molar-refractivity contribution in [2.45, 2.75) is 6.92 Å². The molecule has 4 nitrogen and oxygen atoms in total. The van der Waals surface area contributed by atoms with Gasteiger partial charge in [0.15, 0.2) is 0 Å². The van der Waals surface area contributed by atoms with Gasteiger partial charge in [0.2, 0.25) is 0 Å². The van der Waals surface area contributed by atoms with Crippen LogP contribution in [0.1, 0.15) is 5.56 Å². The summed E-state index contributed by atoms with van der Waals surface area (Å²) in [7, 11) is 0. The molecular weight excluding hydrogens is 214 g/mol. The third kappa shape index (κ3) is 1.63. The van der Waals surface area contributed by atoms with Crippen molar-refractivity contribution < 1.29 is 5.11 Å². The Bertz CT molecular complexity index is 688.